The SMILES string of the molecule is Cc1ccc(C)c(Oc2c(F)c(F)nc(F)c2F)c1C. The molecule has 20 heavy (non-hydrogen) atoms. The fourth-order valence-corrected chi connectivity index (χ4v) is 1.74. The molecule has 0 N–H and O–H groups in total. The van der Waals surface area contributed by atoms with Crippen molar-refractivity contribution < 1.29 is 22.3 Å². The molecule has 0 aliphatic heterocycles. The van der Waals surface area contributed by atoms with Gasteiger partial charge in [0.25, 0.3) is 11.9 Å². The Morgan fingerprint density at radius 3 is 1.85 bits per heavy atom. The van der Waals surface area contributed by atoms with E-state index >= 15 is 0 Å². The first kappa shape index (κ1) is 14.3. The van der Waals surface area contributed by atoms with Gasteiger partial charge in [-0.2, -0.15) is 22.5 Å². The third kappa shape index (κ3) is 2.33. The van der Waals surface area contributed by atoms with Gasteiger partial charge in [0.05, 0.1) is 0 Å². The Bertz CT molecular complexity index is 659. The average molecular weight is 285 g/mol. The van der Waals surface area contributed by atoms with Crippen LogP contribution in [0.5, 0.6) is 11.5 Å². The van der Waals surface area contributed by atoms with Crippen molar-refractivity contribution in [3.63, 3.8) is 0 Å². The Kier molecular flexibility index (Phi) is 3.65. The summed E-state index contributed by atoms with van der Waals surface area (Å²) in [5.41, 5.74) is 2.03. The molecule has 0 bridgehead atoms. The molecule has 0 amide bonds. The summed E-state index contributed by atoms with van der Waals surface area (Å²) >= 11 is 0. The van der Waals surface area contributed by atoms with Gasteiger partial charge >= 0.3 is 0 Å². The number of rotatable bonds is 2. The average Bonchev–Trinajstić information content (AvgIpc) is 2.40. The van der Waals surface area contributed by atoms with Crippen molar-refractivity contribution in [1.82, 2.24) is 4.98 Å². The Balaban J connectivity index is 2.59. The maximum absolute atomic E-state index is 13.5. The van der Waals surface area contributed by atoms with Crippen LogP contribution in [0.25, 0.3) is 0 Å². The molecule has 1 heterocycles. The highest BCUT2D eigenvalue weighted by molar-refractivity contribution is 5.47. The zero-order chi connectivity index (χ0) is 15.0. The van der Waals surface area contributed by atoms with Gasteiger partial charge in [0.15, 0.2) is 0 Å². The number of benzene rings is 1. The minimum absolute atomic E-state index is 0.160. The summed E-state index contributed by atoms with van der Waals surface area (Å²) in [5.74, 6) is -7.79. The maximum atomic E-state index is 13.5. The molecule has 2 nitrogen and oxygen atoms in total. The van der Waals surface area contributed by atoms with Crippen LogP contribution in [0.3, 0.4) is 0 Å². The van der Waals surface area contributed by atoms with Gasteiger partial charge in [-0.1, -0.05) is 12.1 Å². The molecule has 2 aromatic rings. The predicted molar refractivity (Wildman–Crippen MR) is 64.8 cm³/mol. The number of nitrogens with zero attached hydrogens (tertiary/aromatic N) is 1. The van der Waals surface area contributed by atoms with E-state index in [2.05, 4.69) is 4.98 Å². The van der Waals surface area contributed by atoms with Crippen LogP contribution in [-0.2, 0) is 0 Å². The number of pyridine rings is 1. The van der Waals surface area contributed by atoms with Crippen LogP contribution in [-0.4, -0.2) is 4.98 Å². The molecule has 0 aliphatic carbocycles. The van der Waals surface area contributed by atoms with Crippen molar-refractivity contribution >= 4 is 0 Å². The van der Waals surface area contributed by atoms with Crippen molar-refractivity contribution in [2.45, 2.75) is 20.8 Å². The van der Waals surface area contributed by atoms with Gasteiger partial charge in [0, 0.05) is 0 Å². The van der Waals surface area contributed by atoms with Gasteiger partial charge in [-0.25, -0.2) is 0 Å². The highest BCUT2D eigenvalue weighted by Crippen LogP contribution is 2.34. The standard InChI is InChI=1S/C14H11F4NO/c1-6-4-5-7(2)11(8(6)3)20-12-9(15)13(17)19-14(18)10(12)16/h4-5H,1-3H3. The normalized spacial score (nSPS) is 10.8. The van der Waals surface area contributed by atoms with E-state index in [1.807, 2.05) is 0 Å². The van der Waals surface area contributed by atoms with E-state index < -0.39 is 29.3 Å². The number of ether oxygens (including phenoxy) is 1. The van der Waals surface area contributed by atoms with Crippen molar-refractivity contribution in [3.8, 4) is 11.5 Å². The molecule has 106 valence electrons. The summed E-state index contributed by atoms with van der Waals surface area (Å²) in [6.07, 6.45) is 0. The van der Waals surface area contributed by atoms with Gasteiger partial charge in [-0.15, -0.1) is 0 Å². The van der Waals surface area contributed by atoms with Gasteiger partial charge in [0.2, 0.25) is 17.4 Å². The quantitative estimate of drug-likeness (QED) is 0.604. The maximum Gasteiger partial charge on any atom is 0.255 e. The van der Waals surface area contributed by atoms with Crippen LogP contribution in [0.1, 0.15) is 16.7 Å². The summed E-state index contributed by atoms with van der Waals surface area (Å²) in [6.45, 7) is 5.12. The zero-order valence-electron chi connectivity index (χ0n) is 11.0. The van der Waals surface area contributed by atoms with E-state index in [0.717, 1.165) is 5.56 Å². The van der Waals surface area contributed by atoms with Crippen molar-refractivity contribution in [1.29, 1.82) is 0 Å². The Hall–Kier alpha value is -2.11. The third-order valence-electron chi connectivity index (χ3n) is 3.03. The van der Waals surface area contributed by atoms with Crippen molar-refractivity contribution in [3.05, 3.63) is 52.4 Å². The molecule has 0 atom stereocenters. The highest BCUT2D eigenvalue weighted by Gasteiger charge is 2.24. The number of aryl methyl sites for hydroxylation is 2. The first-order chi connectivity index (χ1) is 9.32. The van der Waals surface area contributed by atoms with Crippen molar-refractivity contribution in [2.75, 3.05) is 0 Å². The summed E-state index contributed by atoms with van der Waals surface area (Å²) in [4.78, 5) is 2.47. The van der Waals surface area contributed by atoms with E-state index in [0.29, 0.717) is 11.1 Å². The lowest BCUT2D eigenvalue weighted by Crippen LogP contribution is -2.04. The summed E-state index contributed by atoms with van der Waals surface area (Å²) in [7, 11) is 0. The van der Waals surface area contributed by atoms with E-state index in [4.69, 9.17) is 4.74 Å². The Morgan fingerprint density at radius 1 is 0.800 bits per heavy atom. The number of hydrogen-bond donors (Lipinski definition) is 0. The number of hydrogen-bond acceptors (Lipinski definition) is 2. The van der Waals surface area contributed by atoms with Crippen LogP contribution in [0.2, 0.25) is 0 Å². The van der Waals surface area contributed by atoms with Gasteiger partial charge in [0.1, 0.15) is 5.75 Å². The molecule has 6 heteroatoms. The molecule has 0 fully saturated rings. The second-order valence-electron chi connectivity index (χ2n) is 4.41. The molecule has 0 unspecified atom stereocenters. The smallest absolute Gasteiger partial charge is 0.255 e. The molecule has 0 aliphatic rings. The van der Waals surface area contributed by atoms with Gasteiger partial charge in [-0.05, 0) is 37.5 Å². The van der Waals surface area contributed by atoms with E-state index in [-0.39, 0.29) is 5.75 Å². The van der Waals surface area contributed by atoms with Crippen molar-refractivity contribution in [2.24, 2.45) is 0 Å². The fraction of sp³-hybridized carbons (Fsp3) is 0.214. The predicted octanol–water partition coefficient (Wildman–Crippen LogP) is 4.36. The summed E-state index contributed by atoms with van der Waals surface area (Å²) < 4.78 is 58.2. The lowest BCUT2D eigenvalue weighted by Gasteiger charge is -2.14. The Morgan fingerprint density at radius 2 is 1.30 bits per heavy atom. The third-order valence-corrected chi connectivity index (χ3v) is 3.03. The van der Waals surface area contributed by atoms with E-state index in [1.165, 1.54) is 0 Å². The van der Waals surface area contributed by atoms with Crippen LogP contribution < -0.4 is 4.74 Å². The zero-order valence-corrected chi connectivity index (χ0v) is 11.0. The Labute approximate surface area is 113 Å². The molecule has 0 saturated heterocycles. The molecule has 0 spiro atoms. The molecule has 2 rings (SSSR count). The largest absolute Gasteiger partial charge is 0.450 e. The minimum atomic E-state index is -1.75. The van der Waals surface area contributed by atoms with Crippen LogP contribution in [0.15, 0.2) is 12.1 Å². The lowest BCUT2D eigenvalue weighted by molar-refractivity contribution is 0.341. The second kappa shape index (κ2) is 5.11. The number of halogens is 4. The van der Waals surface area contributed by atoms with Crippen LogP contribution >= 0.6 is 0 Å². The lowest BCUT2D eigenvalue weighted by atomic mass is 10.1. The summed E-state index contributed by atoms with van der Waals surface area (Å²) in [6, 6.07) is 3.49. The van der Waals surface area contributed by atoms with E-state index in [9.17, 15) is 17.6 Å². The van der Waals surface area contributed by atoms with Gasteiger partial charge in [-0.3, -0.25) is 0 Å². The molecule has 0 saturated carbocycles. The monoisotopic (exact) mass is 285 g/mol. The molecule has 1 aromatic carbocycles. The second-order valence-corrected chi connectivity index (χ2v) is 4.41. The molecular formula is C14H11F4NO. The molecule has 1 aromatic heterocycles. The summed E-state index contributed by atoms with van der Waals surface area (Å²) in [5, 5.41) is 0. The number of aromatic nitrogens is 1. The topological polar surface area (TPSA) is 22.1 Å². The molecular weight excluding hydrogens is 274 g/mol. The first-order valence-electron chi connectivity index (χ1n) is 5.77. The highest BCUT2D eigenvalue weighted by atomic mass is 19.2. The van der Waals surface area contributed by atoms with Crippen LogP contribution in [0.4, 0.5) is 17.6 Å². The van der Waals surface area contributed by atoms with Crippen LogP contribution in [0, 0.1) is 44.3 Å². The first-order valence-corrected chi connectivity index (χ1v) is 5.77. The molecule has 0 radical (unpaired) electrons. The minimum Gasteiger partial charge on any atom is -0.450 e. The fourth-order valence-electron chi connectivity index (χ4n) is 1.74. The van der Waals surface area contributed by atoms with E-state index in [1.54, 1.807) is 32.9 Å². The van der Waals surface area contributed by atoms with Gasteiger partial charge < -0.3 is 4.74 Å².